The molecule has 1 heterocycles. The Bertz CT molecular complexity index is 1050. The van der Waals surface area contributed by atoms with Crippen molar-refractivity contribution < 1.29 is 9.59 Å². The second-order valence-corrected chi connectivity index (χ2v) is 7.28. The first-order valence-corrected chi connectivity index (χ1v) is 9.51. The van der Waals surface area contributed by atoms with Gasteiger partial charge in [0.2, 0.25) is 0 Å². The number of anilines is 3. The van der Waals surface area contributed by atoms with Crippen molar-refractivity contribution in [2.24, 2.45) is 0 Å². The molecule has 1 aliphatic carbocycles. The van der Waals surface area contributed by atoms with Gasteiger partial charge < -0.3 is 16.4 Å². The van der Waals surface area contributed by atoms with E-state index in [1.165, 1.54) is 18.1 Å². The summed E-state index contributed by atoms with van der Waals surface area (Å²) < 4.78 is 0. The minimum Gasteiger partial charge on any atom is -0.399 e. The highest BCUT2D eigenvalue weighted by molar-refractivity contribution is 5.95. The van der Waals surface area contributed by atoms with Crippen molar-refractivity contribution in [3.8, 4) is 0 Å². The van der Waals surface area contributed by atoms with E-state index in [-0.39, 0.29) is 23.4 Å². The topological polar surface area (TPSA) is 97.1 Å². The van der Waals surface area contributed by atoms with E-state index < -0.39 is 0 Å². The minimum atomic E-state index is -0.245. The van der Waals surface area contributed by atoms with Crippen LogP contribution in [0, 0.1) is 0 Å². The van der Waals surface area contributed by atoms with E-state index in [1.807, 2.05) is 12.1 Å². The Kier molecular flexibility index (Phi) is 4.99. The zero-order valence-corrected chi connectivity index (χ0v) is 16.1. The van der Waals surface area contributed by atoms with E-state index in [2.05, 4.69) is 27.8 Å². The van der Waals surface area contributed by atoms with E-state index >= 15 is 0 Å². The fourth-order valence-electron chi connectivity index (χ4n) is 3.59. The van der Waals surface area contributed by atoms with Gasteiger partial charge in [0.05, 0.1) is 0 Å². The van der Waals surface area contributed by atoms with Crippen LogP contribution in [0.2, 0.25) is 0 Å². The number of amides is 1. The van der Waals surface area contributed by atoms with Crippen LogP contribution in [0.4, 0.5) is 17.2 Å². The lowest BCUT2D eigenvalue weighted by atomic mass is 10.1. The van der Waals surface area contributed by atoms with Gasteiger partial charge >= 0.3 is 0 Å². The summed E-state index contributed by atoms with van der Waals surface area (Å²) in [6, 6.07) is 18.6. The van der Waals surface area contributed by atoms with Crippen LogP contribution in [-0.4, -0.2) is 22.7 Å². The molecule has 0 bridgehead atoms. The molecule has 6 nitrogen and oxygen atoms in total. The number of pyridine rings is 1. The van der Waals surface area contributed by atoms with Crippen LogP contribution in [0.5, 0.6) is 0 Å². The number of hydrogen-bond donors (Lipinski definition) is 3. The first-order chi connectivity index (χ1) is 14.0. The molecule has 0 fully saturated rings. The molecule has 1 aliphatic rings. The first-order valence-electron chi connectivity index (χ1n) is 9.51. The molecule has 0 atom stereocenters. The second-order valence-electron chi connectivity index (χ2n) is 7.28. The number of rotatable bonds is 5. The van der Waals surface area contributed by atoms with Crippen LogP contribution in [0.1, 0.15) is 38.9 Å². The maximum atomic E-state index is 12.7. The average molecular weight is 386 g/mol. The highest BCUT2D eigenvalue weighted by Crippen LogP contribution is 2.23. The predicted octanol–water partition coefficient (Wildman–Crippen LogP) is 3.51. The number of nitrogens with two attached hydrogens (primary N) is 1. The third-order valence-corrected chi connectivity index (χ3v) is 5.03. The lowest BCUT2D eigenvalue weighted by molar-refractivity contribution is 0.0933. The van der Waals surface area contributed by atoms with E-state index in [1.54, 1.807) is 36.4 Å². The fraction of sp³-hybridized carbons (Fsp3) is 0.174. The van der Waals surface area contributed by atoms with Crippen LogP contribution >= 0.6 is 0 Å². The van der Waals surface area contributed by atoms with Gasteiger partial charge in [-0.25, -0.2) is 4.98 Å². The third-order valence-electron chi connectivity index (χ3n) is 5.03. The number of Topliss-reactive ketones (excluding diaryl/α,β-unsaturated/α-hetero) is 1. The van der Waals surface area contributed by atoms with Crippen molar-refractivity contribution in [2.75, 3.05) is 11.1 Å². The molecule has 0 unspecified atom stereocenters. The van der Waals surface area contributed by atoms with Crippen LogP contribution in [-0.2, 0) is 12.8 Å². The van der Waals surface area contributed by atoms with Crippen LogP contribution in [0.3, 0.4) is 0 Å². The summed E-state index contributed by atoms with van der Waals surface area (Å²) in [5.74, 6) is 0.233. The zero-order chi connectivity index (χ0) is 20.4. The SMILES string of the molecule is CC(=O)c1ccc(Nc2cc(N)cc(C(=O)NC3Cc4ccccc4C3)n2)cc1. The molecule has 0 spiro atoms. The number of fused-ring (bicyclic) bond motifs is 1. The smallest absolute Gasteiger partial charge is 0.270 e. The highest BCUT2D eigenvalue weighted by atomic mass is 16.2. The summed E-state index contributed by atoms with van der Waals surface area (Å²) in [6.07, 6.45) is 1.63. The third kappa shape index (κ3) is 4.27. The van der Waals surface area contributed by atoms with Gasteiger partial charge in [0.15, 0.2) is 5.78 Å². The molecular formula is C23H22N4O2. The molecule has 0 saturated carbocycles. The summed E-state index contributed by atoms with van der Waals surface area (Å²) in [6.45, 7) is 1.52. The van der Waals surface area contributed by atoms with Gasteiger partial charge in [0.1, 0.15) is 11.5 Å². The first kappa shape index (κ1) is 18.7. The quantitative estimate of drug-likeness (QED) is 0.583. The Morgan fingerprint density at radius 1 is 1.00 bits per heavy atom. The van der Waals surface area contributed by atoms with Crippen LogP contribution in [0.15, 0.2) is 60.7 Å². The normalized spacial score (nSPS) is 13.0. The number of hydrogen-bond acceptors (Lipinski definition) is 5. The van der Waals surface area contributed by atoms with E-state index in [9.17, 15) is 9.59 Å². The molecule has 0 aliphatic heterocycles. The monoisotopic (exact) mass is 386 g/mol. The maximum Gasteiger partial charge on any atom is 0.270 e. The molecule has 0 radical (unpaired) electrons. The summed E-state index contributed by atoms with van der Waals surface area (Å²) in [5.41, 5.74) is 10.6. The highest BCUT2D eigenvalue weighted by Gasteiger charge is 2.23. The Hall–Kier alpha value is -3.67. The minimum absolute atomic E-state index is 0.00616. The number of nitrogens with zero attached hydrogens (tertiary/aromatic N) is 1. The van der Waals surface area contributed by atoms with Gasteiger partial charge in [-0.15, -0.1) is 0 Å². The molecule has 1 aromatic heterocycles. The van der Waals surface area contributed by atoms with Crippen molar-refractivity contribution >= 4 is 28.9 Å². The maximum absolute atomic E-state index is 12.7. The molecule has 6 heteroatoms. The average Bonchev–Trinajstić information content (AvgIpc) is 3.10. The van der Waals surface area contributed by atoms with Gasteiger partial charge in [-0.05, 0) is 61.2 Å². The van der Waals surface area contributed by atoms with Crippen molar-refractivity contribution in [2.45, 2.75) is 25.8 Å². The summed E-state index contributed by atoms with van der Waals surface area (Å²) in [4.78, 5) is 28.5. The number of aromatic nitrogens is 1. The van der Waals surface area contributed by atoms with E-state index in [0.29, 0.717) is 17.1 Å². The Labute approximate surface area is 169 Å². The summed E-state index contributed by atoms with van der Waals surface area (Å²) in [5, 5.41) is 6.19. The van der Waals surface area contributed by atoms with E-state index in [0.717, 1.165) is 18.5 Å². The molecule has 1 amide bonds. The molecule has 29 heavy (non-hydrogen) atoms. The van der Waals surface area contributed by atoms with Gasteiger partial charge in [-0.1, -0.05) is 24.3 Å². The van der Waals surface area contributed by atoms with Crippen molar-refractivity contribution in [1.82, 2.24) is 10.3 Å². The zero-order valence-electron chi connectivity index (χ0n) is 16.1. The molecule has 4 N–H and O–H groups in total. The molecule has 0 saturated heterocycles. The fourth-order valence-corrected chi connectivity index (χ4v) is 3.59. The molecule has 2 aromatic carbocycles. The lowest BCUT2D eigenvalue weighted by Gasteiger charge is -2.13. The van der Waals surface area contributed by atoms with Gasteiger partial charge in [-0.3, -0.25) is 9.59 Å². The van der Waals surface area contributed by atoms with Crippen molar-refractivity contribution in [3.63, 3.8) is 0 Å². The van der Waals surface area contributed by atoms with Crippen molar-refractivity contribution in [1.29, 1.82) is 0 Å². The van der Waals surface area contributed by atoms with Gasteiger partial charge in [0.25, 0.3) is 5.91 Å². The van der Waals surface area contributed by atoms with E-state index in [4.69, 9.17) is 5.73 Å². The number of ketones is 1. The molecule has 146 valence electrons. The molecule has 4 rings (SSSR count). The predicted molar refractivity (Wildman–Crippen MR) is 113 cm³/mol. The molecule has 3 aromatic rings. The van der Waals surface area contributed by atoms with Gasteiger partial charge in [0, 0.05) is 29.0 Å². The number of benzene rings is 2. The second kappa shape index (κ2) is 7.75. The Morgan fingerprint density at radius 2 is 1.66 bits per heavy atom. The number of carbonyl (C=O) groups is 2. The Morgan fingerprint density at radius 3 is 2.28 bits per heavy atom. The summed E-state index contributed by atoms with van der Waals surface area (Å²) in [7, 11) is 0. The number of nitrogens with one attached hydrogen (secondary N) is 2. The lowest BCUT2D eigenvalue weighted by Crippen LogP contribution is -2.35. The number of nitrogen functional groups attached to an aromatic ring is 1. The van der Waals surface area contributed by atoms with Crippen LogP contribution < -0.4 is 16.4 Å². The van der Waals surface area contributed by atoms with Crippen LogP contribution in [0.25, 0.3) is 0 Å². The summed E-state index contributed by atoms with van der Waals surface area (Å²) >= 11 is 0. The molecular weight excluding hydrogens is 364 g/mol. The van der Waals surface area contributed by atoms with Gasteiger partial charge in [-0.2, -0.15) is 0 Å². The Balaban J connectivity index is 1.46. The standard InChI is InChI=1S/C23H22N4O2/c1-14(28)15-6-8-19(9-7-15)25-22-13-18(24)12-21(27-22)23(29)26-20-10-16-4-2-3-5-17(16)11-20/h2-9,12-13,20H,10-11H2,1H3,(H,26,29)(H3,24,25,27). The van der Waals surface area contributed by atoms with Crippen molar-refractivity contribution in [3.05, 3.63) is 83.0 Å². The largest absolute Gasteiger partial charge is 0.399 e. The number of carbonyl (C=O) groups excluding carboxylic acids is 2.